The fourth-order valence-electron chi connectivity index (χ4n) is 1.98. The molecule has 0 fully saturated rings. The Morgan fingerprint density at radius 3 is 2.72 bits per heavy atom. The van der Waals surface area contributed by atoms with Crippen LogP contribution in [0.15, 0.2) is 30.6 Å². The lowest BCUT2D eigenvalue weighted by Crippen LogP contribution is -2.24. The van der Waals surface area contributed by atoms with Crippen LogP contribution >= 0.6 is 0 Å². The number of hydrogen-bond donors (Lipinski definition) is 1. The Labute approximate surface area is 109 Å². The van der Waals surface area contributed by atoms with Gasteiger partial charge >= 0.3 is 0 Å². The first kappa shape index (κ1) is 13.1. The predicted octanol–water partition coefficient (Wildman–Crippen LogP) is 3.06. The van der Waals surface area contributed by atoms with Crippen molar-refractivity contribution in [3.63, 3.8) is 0 Å². The van der Waals surface area contributed by atoms with Gasteiger partial charge in [-0.15, -0.1) is 0 Å². The van der Waals surface area contributed by atoms with E-state index in [1.165, 1.54) is 11.9 Å². The molecule has 1 N–H and O–H groups in total. The summed E-state index contributed by atoms with van der Waals surface area (Å²) in [6, 6.07) is 8.27. The van der Waals surface area contributed by atoms with Crippen molar-refractivity contribution in [2.45, 2.75) is 33.7 Å². The van der Waals surface area contributed by atoms with Gasteiger partial charge in [-0.05, 0) is 30.5 Å². The van der Waals surface area contributed by atoms with Crippen LogP contribution in [0.2, 0.25) is 0 Å². The summed E-state index contributed by atoms with van der Waals surface area (Å²) in [6.07, 6.45) is 3.13. The lowest BCUT2D eigenvalue weighted by atomic mass is 9.92. The van der Waals surface area contributed by atoms with Crippen molar-refractivity contribution >= 4 is 11.0 Å². The third-order valence-corrected chi connectivity index (χ3v) is 3.11. The van der Waals surface area contributed by atoms with Crippen LogP contribution in [-0.2, 0) is 6.54 Å². The zero-order valence-corrected chi connectivity index (χ0v) is 11.6. The average molecular weight is 245 g/mol. The minimum absolute atomic E-state index is 0.411. The number of nitrogens with one attached hydrogen (secondary N) is 1. The predicted molar refractivity (Wildman–Crippen MR) is 76.7 cm³/mol. The fourth-order valence-corrected chi connectivity index (χ4v) is 1.98. The topological polar surface area (TPSA) is 29.9 Å². The van der Waals surface area contributed by atoms with Gasteiger partial charge in [-0.2, -0.15) is 0 Å². The van der Waals surface area contributed by atoms with Crippen LogP contribution in [0.25, 0.3) is 11.0 Å². The highest BCUT2D eigenvalue weighted by atomic mass is 15.1. The van der Waals surface area contributed by atoms with E-state index in [1.54, 1.807) is 0 Å². The summed E-state index contributed by atoms with van der Waals surface area (Å²) >= 11 is 0. The number of benzene rings is 1. The summed E-state index contributed by atoms with van der Waals surface area (Å²) in [6.45, 7) is 9.88. The molecule has 3 nitrogen and oxygen atoms in total. The molecule has 1 heterocycles. The van der Waals surface area contributed by atoms with Gasteiger partial charge in [0, 0.05) is 13.1 Å². The third kappa shape index (κ3) is 3.57. The molecule has 3 heteroatoms. The molecular weight excluding hydrogens is 222 g/mol. The largest absolute Gasteiger partial charge is 0.329 e. The second-order valence-corrected chi connectivity index (χ2v) is 5.99. The van der Waals surface area contributed by atoms with E-state index in [9.17, 15) is 0 Å². The van der Waals surface area contributed by atoms with Crippen LogP contribution in [0.1, 0.15) is 27.2 Å². The van der Waals surface area contributed by atoms with E-state index in [0.29, 0.717) is 5.41 Å². The molecule has 0 amide bonds. The first-order valence-electron chi connectivity index (χ1n) is 6.67. The molecule has 0 atom stereocenters. The Morgan fingerprint density at radius 1 is 1.17 bits per heavy atom. The van der Waals surface area contributed by atoms with E-state index in [4.69, 9.17) is 0 Å². The molecule has 1 aromatic carbocycles. The number of aromatic nitrogens is 2. The van der Waals surface area contributed by atoms with Crippen molar-refractivity contribution in [2.24, 2.45) is 5.41 Å². The van der Waals surface area contributed by atoms with Crippen LogP contribution in [0.5, 0.6) is 0 Å². The van der Waals surface area contributed by atoms with E-state index >= 15 is 0 Å². The van der Waals surface area contributed by atoms with Gasteiger partial charge in [-0.1, -0.05) is 32.9 Å². The number of para-hydroxylation sites is 2. The molecule has 2 rings (SSSR count). The zero-order valence-electron chi connectivity index (χ0n) is 11.6. The number of imidazole rings is 1. The molecule has 0 saturated heterocycles. The first-order chi connectivity index (χ1) is 8.56. The normalized spacial score (nSPS) is 12.2. The first-order valence-corrected chi connectivity index (χ1v) is 6.67. The molecule has 0 unspecified atom stereocenters. The molecule has 98 valence electrons. The van der Waals surface area contributed by atoms with E-state index in [1.807, 2.05) is 12.4 Å². The van der Waals surface area contributed by atoms with Crippen LogP contribution < -0.4 is 5.32 Å². The monoisotopic (exact) mass is 245 g/mol. The highest BCUT2D eigenvalue weighted by Gasteiger charge is 2.08. The summed E-state index contributed by atoms with van der Waals surface area (Å²) in [5.41, 5.74) is 2.71. The van der Waals surface area contributed by atoms with Crippen molar-refractivity contribution in [2.75, 3.05) is 13.1 Å². The van der Waals surface area contributed by atoms with Gasteiger partial charge < -0.3 is 9.88 Å². The van der Waals surface area contributed by atoms with Gasteiger partial charge in [-0.25, -0.2) is 4.98 Å². The maximum atomic E-state index is 4.39. The van der Waals surface area contributed by atoms with Gasteiger partial charge in [0.1, 0.15) is 0 Å². The quantitative estimate of drug-likeness (QED) is 0.820. The summed E-state index contributed by atoms with van der Waals surface area (Å²) in [5.74, 6) is 0. The maximum absolute atomic E-state index is 4.39. The molecule has 18 heavy (non-hydrogen) atoms. The molecule has 1 aromatic heterocycles. The average Bonchev–Trinajstić information content (AvgIpc) is 2.71. The number of rotatable bonds is 5. The van der Waals surface area contributed by atoms with Crippen LogP contribution in [0, 0.1) is 5.41 Å². The number of nitrogens with zero attached hydrogens (tertiary/aromatic N) is 2. The smallest absolute Gasteiger partial charge is 0.0958 e. The van der Waals surface area contributed by atoms with E-state index in [2.05, 4.69) is 53.8 Å². The van der Waals surface area contributed by atoms with Gasteiger partial charge in [0.15, 0.2) is 0 Å². The molecule has 0 aliphatic heterocycles. The van der Waals surface area contributed by atoms with E-state index < -0.39 is 0 Å². The molecule has 0 spiro atoms. The number of hydrogen-bond acceptors (Lipinski definition) is 2. The SMILES string of the molecule is CC(C)(C)CCNCCn1cnc2ccccc21. The van der Waals surface area contributed by atoms with E-state index in [-0.39, 0.29) is 0 Å². The Kier molecular flexibility index (Phi) is 4.02. The molecule has 0 radical (unpaired) electrons. The van der Waals surface area contributed by atoms with Crippen LogP contribution in [0.4, 0.5) is 0 Å². The lowest BCUT2D eigenvalue weighted by Gasteiger charge is -2.18. The molecule has 0 bridgehead atoms. The minimum Gasteiger partial charge on any atom is -0.329 e. The van der Waals surface area contributed by atoms with Crippen LogP contribution in [-0.4, -0.2) is 22.6 Å². The lowest BCUT2D eigenvalue weighted by molar-refractivity contribution is 0.365. The van der Waals surface area contributed by atoms with Gasteiger partial charge in [0.2, 0.25) is 0 Å². The molecule has 0 saturated carbocycles. The summed E-state index contributed by atoms with van der Waals surface area (Å²) < 4.78 is 2.21. The fraction of sp³-hybridized carbons (Fsp3) is 0.533. The number of fused-ring (bicyclic) bond motifs is 1. The third-order valence-electron chi connectivity index (χ3n) is 3.11. The molecule has 0 aliphatic rings. The van der Waals surface area contributed by atoms with Gasteiger partial charge in [0.25, 0.3) is 0 Å². The van der Waals surface area contributed by atoms with Crippen molar-refractivity contribution in [1.29, 1.82) is 0 Å². The van der Waals surface area contributed by atoms with Gasteiger partial charge in [0.05, 0.1) is 17.4 Å². The van der Waals surface area contributed by atoms with E-state index in [0.717, 1.165) is 25.2 Å². The highest BCUT2D eigenvalue weighted by Crippen LogP contribution is 2.16. The Balaban J connectivity index is 1.80. The van der Waals surface area contributed by atoms with Crippen LogP contribution in [0.3, 0.4) is 0 Å². The second kappa shape index (κ2) is 5.53. The summed E-state index contributed by atoms with van der Waals surface area (Å²) in [7, 11) is 0. The maximum Gasteiger partial charge on any atom is 0.0958 e. The molecule has 2 aromatic rings. The van der Waals surface area contributed by atoms with Crippen molar-refractivity contribution < 1.29 is 0 Å². The summed E-state index contributed by atoms with van der Waals surface area (Å²) in [5, 5.41) is 3.50. The van der Waals surface area contributed by atoms with Crippen molar-refractivity contribution in [3.05, 3.63) is 30.6 Å². The Morgan fingerprint density at radius 2 is 1.94 bits per heavy atom. The minimum atomic E-state index is 0.411. The molecular formula is C15H23N3. The zero-order chi connectivity index (χ0) is 13.0. The van der Waals surface area contributed by atoms with Crippen molar-refractivity contribution in [3.8, 4) is 0 Å². The summed E-state index contributed by atoms with van der Waals surface area (Å²) in [4.78, 5) is 4.39. The van der Waals surface area contributed by atoms with Gasteiger partial charge in [-0.3, -0.25) is 0 Å². The van der Waals surface area contributed by atoms with Crippen molar-refractivity contribution in [1.82, 2.24) is 14.9 Å². The second-order valence-electron chi connectivity index (χ2n) is 5.99. The standard InChI is InChI=1S/C15H23N3/c1-15(2,3)8-9-16-10-11-18-12-17-13-6-4-5-7-14(13)18/h4-7,12,16H,8-11H2,1-3H3. The highest BCUT2D eigenvalue weighted by molar-refractivity contribution is 5.74. The molecule has 0 aliphatic carbocycles. The Bertz CT molecular complexity index is 494. The Hall–Kier alpha value is -1.35.